The number of hydrogen-bond donors (Lipinski definition) is 2. The number of aromatic nitrogens is 1. The molecule has 2 heterocycles. The number of phenolic OH excluding ortho intramolecular Hbond substituents is 1. The number of benzene rings is 1. The number of fused-ring (bicyclic) bond motifs is 1. The second-order valence-electron chi connectivity index (χ2n) is 5.12. The number of ether oxygens (including phenoxy) is 1. The molecule has 0 atom stereocenters. The van der Waals surface area contributed by atoms with Crippen LogP contribution in [0.1, 0.15) is 12.8 Å². The van der Waals surface area contributed by atoms with Gasteiger partial charge in [-0.05, 0) is 30.3 Å². The number of pyridine rings is 1. The van der Waals surface area contributed by atoms with Crippen molar-refractivity contribution in [3.63, 3.8) is 0 Å². The van der Waals surface area contributed by atoms with Gasteiger partial charge in [-0.25, -0.2) is 9.78 Å². The molecule has 3 rings (SSSR count). The van der Waals surface area contributed by atoms with Gasteiger partial charge in [-0.15, -0.1) is 0 Å². The molecule has 1 aliphatic heterocycles. The molecule has 21 heavy (non-hydrogen) atoms. The van der Waals surface area contributed by atoms with Crippen molar-refractivity contribution >= 4 is 22.9 Å². The zero-order valence-electron chi connectivity index (χ0n) is 11.4. The third-order valence-corrected chi connectivity index (χ3v) is 3.69. The number of anilines is 1. The lowest BCUT2D eigenvalue weighted by Crippen LogP contribution is -2.38. The summed E-state index contributed by atoms with van der Waals surface area (Å²) in [5, 5.41) is 19.0. The van der Waals surface area contributed by atoms with Crippen LogP contribution in [0.25, 0.3) is 10.9 Å². The monoisotopic (exact) mass is 288 g/mol. The van der Waals surface area contributed by atoms with Crippen LogP contribution in [0, 0.1) is 0 Å². The number of rotatable bonds is 2. The first-order valence-electron chi connectivity index (χ1n) is 6.86. The van der Waals surface area contributed by atoms with Gasteiger partial charge in [-0.2, -0.15) is 0 Å². The van der Waals surface area contributed by atoms with E-state index in [2.05, 4.69) is 9.88 Å². The highest BCUT2D eigenvalue weighted by Crippen LogP contribution is 2.24. The van der Waals surface area contributed by atoms with Crippen LogP contribution in [0.15, 0.2) is 30.3 Å². The van der Waals surface area contributed by atoms with Crippen molar-refractivity contribution in [3.8, 4) is 5.75 Å². The summed E-state index contributed by atoms with van der Waals surface area (Å²) < 4.78 is 4.80. The smallest absolute Gasteiger partial charge is 0.506 e. The Bertz CT molecular complexity index is 666. The molecule has 0 aliphatic carbocycles. The standard InChI is InChI=1S/C15H16N2O4/c18-11-2-3-13-10(9-11)1-4-14(16-13)17-7-5-12(6-8-17)21-15(19)20/h1-4,9,12,18H,5-8H2,(H,19,20). The number of piperidine rings is 1. The van der Waals surface area contributed by atoms with Gasteiger partial charge in [-0.1, -0.05) is 0 Å². The van der Waals surface area contributed by atoms with Crippen molar-refractivity contribution in [2.45, 2.75) is 18.9 Å². The van der Waals surface area contributed by atoms with E-state index >= 15 is 0 Å². The zero-order valence-corrected chi connectivity index (χ0v) is 11.4. The van der Waals surface area contributed by atoms with Gasteiger partial charge >= 0.3 is 6.16 Å². The maximum atomic E-state index is 10.5. The highest BCUT2D eigenvalue weighted by atomic mass is 16.7. The van der Waals surface area contributed by atoms with E-state index in [4.69, 9.17) is 9.84 Å². The van der Waals surface area contributed by atoms with E-state index in [1.807, 2.05) is 12.1 Å². The minimum Gasteiger partial charge on any atom is -0.508 e. The fourth-order valence-corrected chi connectivity index (χ4v) is 2.62. The Morgan fingerprint density at radius 2 is 2.00 bits per heavy atom. The van der Waals surface area contributed by atoms with Gasteiger partial charge in [0, 0.05) is 31.3 Å². The summed E-state index contributed by atoms with van der Waals surface area (Å²) in [5.41, 5.74) is 0.828. The van der Waals surface area contributed by atoms with E-state index in [0.29, 0.717) is 25.9 Å². The molecule has 1 aromatic carbocycles. The van der Waals surface area contributed by atoms with E-state index in [0.717, 1.165) is 16.7 Å². The summed E-state index contributed by atoms with van der Waals surface area (Å²) in [4.78, 5) is 17.2. The van der Waals surface area contributed by atoms with Gasteiger partial charge in [0.15, 0.2) is 0 Å². The predicted octanol–water partition coefficient (Wildman–Crippen LogP) is 2.60. The molecule has 6 nitrogen and oxygen atoms in total. The second kappa shape index (κ2) is 5.47. The van der Waals surface area contributed by atoms with Crippen molar-refractivity contribution in [3.05, 3.63) is 30.3 Å². The third kappa shape index (κ3) is 2.99. The summed E-state index contributed by atoms with van der Waals surface area (Å²) in [7, 11) is 0. The van der Waals surface area contributed by atoms with Gasteiger partial charge in [0.1, 0.15) is 17.7 Å². The summed E-state index contributed by atoms with van der Waals surface area (Å²) >= 11 is 0. The van der Waals surface area contributed by atoms with Gasteiger partial charge in [-0.3, -0.25) is 0 Å². The first-order valence-corrected chi connectivity index (χ1v) is 6.86. The predicted molar refractivity (Wildman–Crippen MR) is 77.8 cm³/mol. The van der Waals surface area contributed by atoms with Gasteiger partial charge < -0.3 is 19.8 Å². The van der Waals surface area contributed by atoms with Gasteiger partial charge in [0.25, 0.3) is 0 Å². The molecule has 0 saturated carbocycles. The lowest BCUT2D eigenvalue weighted by atomic mass is 10.1. The van der Waals surface area contributed by atoms with Crippen molar-refractivity contribution in [1.29, 1.82) is 0 Å². The van der Waals surface area contributed by atoms with E-state index < -0.39 is 6.16 Å². The summed E-state index contributed by atoms with van der Waals surface area (Å²) in [6, 6.07) is 8.93. The third-order valence-electron chi connectivity index (χ3n) is 3.69. The van der Waals surface area contributed by atoms with Crippen LogP contribution in [0.3, 0.4) is 0 Å². The zero-order chi connectivity index (χ0) is 14.8. The Morgan fingerprint density at radius 1 is 1.24 bits per heavy atom. The topological polar surface area (TPSA) is 82.9 Å². The van der Waals surface area contributed by atoms with Gasteiger partial charge in [0.2, 0.25) is 0 Å². The van der Waals surface area contributed by atoms with Crippen LogP contribution < -0.4 is 4.90 Å². The average molecular weight is 288 g/mol. The van der Waals surface area contributed by atoms with Crippen molar-refractivity contribution in [2.75, 3.05) is 18.0 Å². The number of carboxylic acid groups (broad SMARTS) is 1. The summed E-state index contributed by atoms with van der Waals surface area (Å²) in [5.74, 6) is 1.09. The summed E-state index contributed by atoms with van der Waals surface area (Å²) in [6.45, 7) is 1.43. The largest absolute Gasteiger partial charge is 0.508 e. The Kier molecular flexibility index (Phi) is 3.51. The van der Waals surface area contributed by atoms with E-state index in [9.17, 15) is 9.90 Å². The molecule has 0 unspecified atom stereocenters. The molecule has 2 N–H and O–H groups in total. The first kappa shape index (κ1) is 13.5. The Hall–Kier alpha value is -2.50. The number of nitrogens with zero attached hydrogens (tertiary/aromatic N) is 2. The van der Waals surface area contributed by atoms with Gasteiger partial charge in [0.05, 0.1) is 5.52 Å². The van der Waals surface area contributed by atoms with Crippen LogP contribution in [-0.4, -0.2) is 40.5 Å². The molecule has 2 aromatic rings. The molecular formula is C15H16N2O4. The molecule has 1 aliphatic rings. The molecule has 0 radical (unpaired) electrons. The quantitative estimate of drug-likeness (QED) is 0.826. The Balaban J connectivity index is 1.73. The van der Waals surface area contributed by atoms with Crippen molar-refractivity contribution in [1.82, 2.24) is 4.98 Å². The fraction of sp³-hybridized carbons (Fsp3) is 0.333. The number of aromatic hydroxyl groups is 1. The minimum absolute atomic E-state index is 0.226. The van der Waals surface area contributed by atoms with E-state index in [1.165, 1.54) is 0 Å². The fourth-order valence-electron chi connectivity index (χ4n) is 2.62. The van der Waals surface area contributed by atoms with Crippen LogP contribution in [-0.2, 0) is 4.74 Å². The number of phenols is 1. The van der Waals surface area contributed by atoms with Crippen LogP contribution in [0.2, 0.25) is 0 Å². The Labute approximate surface area is 121 Å². The maximum absolute atomic E-state index is 10.5. The van der Waals surface area contributed by atoms with E-state index in [1.54, 1.807) is 18.2 Å². The Morgan fingerprint density at radius 3 is 2.71 bits per heavy atom. The molecule has 1 saturated heterocycles. The van der Waals surface area contributed by atoms with Crippen molar-refractivity contribution < 1.29 is 19.7 Å². The lowest BCUT2D eigenvalue weighted by molar-refractivity contribution is 0.0415. The molecule has 1 aromatic heterocycles. The molecule has 0 bridgehead atoms. The van der Waals surface area contributed by atoms with Crippen molar-refractivity contribution in [2.24, 2.45) is 0 Å². The van der Waals surface area contributed by atoms with Crippen LogP contribution >= 0.6 is 0 Å². The molecule has 0 spiro atoms. The molecule has 6 heteroatoms. The summed E-state index contributed by atoms with van der Waals surface area (Å²) in [6.07, 6.45) is -0.100. The molecule has 110 valence electrons. The maximum Gasteiger partial charge on any atom is 0.506 e. The normalized spacial score (nSPS) is 16.1. The molecular weight excluding hydrogens is 272 g/mol. The first-order chi connectivity index (χ1) is 10.1. The molecule has 0 amide bonds. The second-order valence-corrected chi connectivity index (χ2v) is 5.12. The van der Waals surface area contributed by atoms with E-state index in [-0.39, 0.29) is 11.9 Å². The average Bonchev–Trinajstić information content (AvgIpc) is 2.47. The SMILES string of the molecule is O=C(O)OC1CCN(c2ccc3cc(O)ccc3n2)CC1. The highest BCUT2D eigenvalue weighted by molar-refractivity contribution is 5.81. The highest BCUT2D eigenvalue weighted by Gasteiger charge is 2.22. The van der Waals surface area contributed by atoms with Crippen LogP contribution in [0.5, 0.6) is 5.75 Å². The minimum atomic E-state index is -1.21. The number of carbonyl (C=O) groups is 1. The van der Waals surface area contributed by atoms with Crippen LogP contribution in [0.4, 0.5) is 10.6 Å². The lowest BCUT2D eigenvalue weighted by Gasteiger charge is -2.32. The number of hydrogen-bond acceptors (Lipinski definition) is 5. The molecule has 1 fully saturated rings.